The van der Waals surface area contributed by atoms with Crippen LogP contribution < -0.4 is 26.8 Å². The van der Waals surface area contributed by atoms with Gasteiger partial charge in [-0.3, -0.25) is 9.59 Å². The first-order chi connectivity index (χ1) is 15.0. The molecule has 4 N–H and O–H groups in total. The molecule has 31 heavy (non-hydrogen) atoms. The van der Waals surface area contributed by atoms with Gasteiger partial charge in [-0.15, -0.1) is 0 Å². The van der Waals surface area contributed by atoms with Gasteiger partial charge in [-0.1, -0.05) is 42.5 Å². The van der Waals surface area contributed by atoms with E-state index in [2.05, 4.69) is 20.9 Å². The Labute approximate surface area is 179 Å². The zero-order valence-corrected chi connectivity index (χ0v) is 16.9. The van der Waals surface area contributed by atoms with Crippen LogP contribution in [-0.2, 0) is 6.61 Å². The number of nitrogens with zero attached hydrogens (tertiary/aromatic N) is 1. The predicted octanol–water partition coefficient (Wildman–Crippen LogP) is 3.83. The highest BCUT2D eigenvalue weighted by Gasteiger charge is 2.23. The van der Waals surface area contributed by atoms with Crippen molar-refractivity contribution in [2.24, 2.45) is 0 Å². The van der Waals surface area contributed by atoms with Crippen LogP contribution in [0.25, 0.3) is 0 Å². The topological polar surface area (TPSA) is 103 Å². The van der Waals surface area contributed by atoms with Gasteiger partial charge in [-0.25, -0.2) is 4.98 Å². The third-order valence-electron chi connectivity index (χ3n) is 4.98. The van der Waals surface area contributed by atoms with Crippen molar-refractivity contribution >= 4 is 28.6 Å². The van der Waals surface area contributed by atoms with Gasteiger partial charge in [0.25, 0.3) is 10.9 Å². The van der Waals surface area contributed by atoms with Crippen molar-refractivity contribution in [1.29, 1.82) is 0 Å². The molecule has 0 aliphatic carbocycles. The zero-order chi connectivity index (χ0) is 21.8. The van der Waals surface area contributed by atoms with E-state index in [1.54, 1.807) is 18.3 Å². The summed E-state index contributed by atoms with van der Waals surface area (Å²) in [5.74, 6) is 0.561. The Morgan fingerprint density at radius 3 is 2.39 bits per heavy atom. The van der Waals surface area contributed by atoms with Crippen LogP contribution in [-0.4, -0.2) is 10.1 Å². The molecule has 3 aromatic carbocycles. The standard InChI is InChI=1S/C24H22N4O3/c1-15(17-7-3-2-4-8-17)26-21-22(24(31)23(21)30)28-19-10-11-25-20(13-19)27-18-9-5-6-16(12-18)14-29/h2-13,15,26,29H,14H2,1H3,(H2,25,27,28)/t15-/m1/s1. The van der Waals surface area contributed by atoms with E-state index in [1.165, 1.54) is 0 Å². The van der Waals surface area contributed by atoms with Gasteiger partial charge >= 0.3 is 0 Å². The third-order valence-corrected chi connectivity index (χ3v) is 4.98. The minimum atomic E-state index is -0.551. The van der Waals surface area contributed by atoms with E-state index < -0.39 is 10.9 Å². The summed E-state index contributed by atoms with van der Waals surface area (Å²) in [6.45, 7) is 1.89. The number of aliphatic hydroxyl groups excluding tert-OH is 1. The SMILES string of the molecule is C[C@@H](Nc1c(Nc2ccnc(Nc3cccc(CO)c3)c2)c(=O)c1=O)c1ccccc1. The molecule has 0 spiro atoms. The van der Waals surface area contributed by atoms with E-state index in [1.807, 2.05) is 61.5 Å². The second kappa shape index (κ2) is 8.81. The highest BCUT2D eigenvalue weighted by atomic mass is 16.3. The Hall–Kier alpha value is -3.97. The van der Waals surface area contributed by atoms with Gasteiger partial charge in [-0.05, 0) is 36.2 Å². The molecule has 0 saturated heterocycles. The molecule has 1 aromatic heterocycles. The highest BCUT2D eigenvalue weighted by molar-refractivity contribution is 5.79. The summed E-state index contributed by atoms with van der Waals surface area (Å²) in [6.07, 6.45) is 1.60. The van der Waals surface area contributed by atoms with Crippen molar-refractivity contribution in [3.8, 4) is 0 Å². The molecule has 0 aliphatic rings. The van der Waals surface area contributed by atoms with Crippen LogP contribution in [0, 0.1) is 0 Å². The quantitative estimate of drug-likeness (QED) is 0.325. The van der Waals surface area contributed by atoms with Crippen molar-refractivity contribution < 1.29 is 5.11 Å². The Bertz CT molecular complexity index is 1260. The lowest BCUT2D eigenvalue weighted by Gasteiger charge is -2.20. The molecule has 0 amide bonds. The van der Waals surface area contributed by atoms with E-state index >= 15 is 0 Å². The van der Waals surface area contributed by atoms with Crippen molar-refractivity contribution in [2.45, 2.75) is 19.6 Å². The number of aliphatic hydroxyl groups is 1. The molecular formula is C24H22N4O3. The lowest BCUT2D eigenvalue weighted by Crippen LogP contribution is -2.37. The fourth-order valence-electron chi connectivity index (χ4n) is 3.31. The van der Waals surface area contributed by atoms with Gasteiger partial charge in [0.05, 0.1) is 6.61 Å². The molecular weight excluding hydrogens is 392 g/mol. The molecule has 0 bridgehead atoms. The van der Waals surface area contributed by atoms with E-state index in [9.17, 15) is 14.7 Å². The van der Waals surface area contributed by atoms with Gasteiger partial charge in [0, 0.05) is 29.7 Å². The summed E-state index contributed by atoms with van der Waals surface area (Å²) in [5.41, 5.74) is 2.65. The van der Waals surface area contributed by atoms with Crippen LogP contribution in [0.3, 0.4) is 0 Å². The van der Waals surface area contributed by atoms with E-state index in [0.29, 0.717) is 11.5 Å². The maximum Gasteiger partial charge on any atom is 0.253 e. The highest BCUT2D eigenvalue weighted by Crippen LogP contribution is 2.26. The molecule has 0 unspecified atom stereocenters. The molecule has 7 nitrogen and oxygen atoms in total. The second-order valence-corrected chi connectivity index (χ2v) is 7.22. The average Bonchev–Trinajstić information content (AvgIpc) is 2.81. The van der Waals surface area contributed by atoms with Gasteiger partial charge in [0.1, 0.15) is 17.2 Å². The molecule has 156 valence electrons. The van der Waals surface area contributed by atoms with Gasteiger partial charge in [0.2, 0.25) is 0 Å². The van der Waals surface area contributed by atoms with Crippen molar-refractivity contribution in [2.75, 3.05) is 16.0 Å². The van der Waals surface area contributed by atoms with E-state index in [-0.39, 0.29) is 24.0 Å². The normalized spacial score (nSPS) is 11.8. The number of pyridine rings is 1. The van der Waals surface area contributed by atoms with Crippen LogP contribution in [0.1, 0.15) is 24.1 Å². The van der Waals surface area contributed by atoms with Crippen LogP contribution in [0.4, 0.5) is 28.6 Å². The summed E-state index contributed by atoms with van der Waals surface area (Å²) < 4.78 is 0. The lowest BCUT2D eigenvalue weighted by molar-refractivity contribution is 0.282. The Morgan fingerprint density at radius 2 is 1.61 bits per heavy atom. The van der Waals surface area contributed by atoms with E-state index in [4.69, 9.17) is 0 Å². The minimum Gasteiger partial charge on any atom is -0.392 e. The Balaban J connectivity index is 1.51. The smallest absolute Gasteiger partial charge is 0.253 e. The molecule has 0 fully saturated rings. The van der Waals surface area contributed by atoms with Crippen molar-refractivity contribution in [1.82, 2.24) is 4.98 Å². The number of hydrogen-bond acceptors (Lipinski definition) is 7. The second-order valence-electron chi connectivity index (χ2n) is 7.22. The molecule has 0 saturated carbocycles. The van der Waals surface area contributed by atoms with Crippen LogP contribution >= 0.6 is 0 Å². The molecule has 4 aromatic rings. The largest absolute Gasteiger partial charge is 0.392 e. The van der Waals surface area contributed by atoms with Gasteiger partial charge < -0.3 is 21.1 Å². The van der Waals surface area contributed by atoms with Crippen LogP contribution in [0.2, 0.25) is 0 Å². The maximum absolute atomic E-state index is 12.2. The molecule has 7 heteroatoms. The molecule has 0 radical (unpaired) electrons. The minimum absolute atomic E-state index is 0.0496. The van der Waals surface area contributed by atoms with E-state index in [0.717, 1.165) is 16.8 Å². The summed E-state index contributed by atoms with van der Waals surface area (Å²) >= 11 is 0. The molecule has 1 heterocycles. The number of rotatable bonds is 8. The number of aromatic nitrogens is 1. The summed E-state index contributed by atoms with van der Waals surface area (Å²) in [5, 5.41) is 18.6. The molecule has 0 aliphatic heterocycles. The summed E-state index contributed by atoms with van der Waals surface area (Å²) in [7, 11) is 0. The fourth-order valence-corrected chi connectivity index (χ4v) is 3.31. The summed E-state index contributed by atoms with van der Waals surface area (Å²) in [6, 6.07) is 20.4. The van der Waals surface area contributed by atoms with Crippen molar-refractivity contribution in [3.63, 3.8) is 0 Å². The Morgan fingerprint density at radius 1 is 0.871 bits per heavy atom. The third kappa shape index (κ3) is 4.46. The number of hydrogen-bond donors (Lipinski definition) is 4. The maximum atomic E-state index is 12.2. The van der Waals surface area contributed by atoms with Gasteiger partial charge in [-0.2, -0.15) is 0 Å². The molecule has 1 atom stereocenters. The first kappa shape index (κ1) is 20.3. The number of nitrogens with one attached hydrogen (secondary N) is 3. The zero-order valence-electron chi connectivity index (χ0n) is 16.9. The van der Waals surface area contributed by atoms with Crippen LogP contribution in [0.5, 0.6) is 0 Å². The Kier molecular flexibility index (Phi) is 5.77. The molecule has 4 rings (SSSR count). The van der Waals surface area contributed by atoms with Gasteiger partial charge in [0.15, 0.2) is 0 Å². The number of benzene rings is 2. The monoisotopic (exact) mass is 414 g/mol. The number of anilines is 5. The fraction of sp³-hybridized carbons (Fsp3) is 0.125. The van der Waals surface area contributed by atoms with Crippen molar-refractivity contribution in [3.05, 3.63) is 105 Å². The first-order valence-electron chi connectivity index (χ1n) is 9.90. The summed E-state index contributed by atoms with van der Waals surface area (Å²) in [4.78, 5) is 28.6. The average molecular weight is 414 g/mol. The van der Waals surface area contributed by atoms with Crippen LogP contribution in [0.15, 0.2) is 82.5 Å². The lowest BCUT2D eigenvalue weighted by atomic mass is 10.1. The first-order valence-corrected chi connectivity index (χ1v) is 9.90. The predicted molar refractivity (Wildman–Crippen MR) is 123 cm³/mol.